The molecule has 0 heterocycles. The highest BCUT2D eigenvalue weighted by Crippen LogP contribution is 2.19. The number of carbonyl (C=O) groups is 2. The molecular formula is C12H17ClFN3O2. The molecule has 0 fully saturated rings. The Kier molecular flexibility index (Phi) is 7.03. The lowest BCUT2D eigenvalue weighted by Crippen LogP contribution is -2.24. The van der Waals surface area contributed by atoms with Crippen molar-refractivity contribution in [3.8, 4) is 0 Å². The summed E-state index contributed by atoms with van der Waals surface area (Å²) in [5, 5.41) is 4.91. The fraction of sp³-hybridized carbons (Fsp3) is 0.333. The number of benzene rings is 1. The molecule has 0 aliphatic rings. The molecule has 0 aliphatic carbocycles. The smallest absolute Gasteiger partial charge is 0.225 e. The molecule has 1 rings (SSSR count). The van der Waals surface area contributed by atoms with Gasteiger partial charge in [-0.15, -0.1) is 12.4 Å². The minimum absolute atomic E-state index is 0. The third kappa shape index (κ3) is 6.17. The van der Waals surface area contributed by atoms with Crippen LogP contribution in [-0.4, -0.2) is 17.9 Å². The minimum atomic E-state index is -0.567. The van der Waals surface area contributed by atoms with E-state index in [2.05, 4.69) is 10.6 Å². The molecule has 0 saturated heterocycles. The lowest BCUT2D eigenvalue weighted by molar-refractivity contribution is -0.116. The molecule has 1 aromatic carbocycles. The highest BCUT2D eigenvalue weighted by atomic mass is 35.5. The molecule has 0 radical (unpaired) electrons. The van der Waals surface area contributed by atoms with E-state index in [0.29, 0.717) is 5.69 Å². The van der Waals surface area contributed by atoms with Crippen molar-refractivity contribution in [1.82, 2.24) is 0 Å². The van der Waals surface area contributed by atoms with Crippen LogP contribution in [0.15, 0.2) is 18.2 Å². The lowest BCUT2D eigenvalue weighted by atomic mass is 10.2. The van der Waals surface area contributed by atoms with Crippen molar-refractivity contribution in [2.24, 2.45) is 5.73 Å². The van der Waals surface area contributed by atoms with Crippen LogP contribution in [0.3, 0.4) is 0 Å². The van der Waals surface area contributed by atoms with Crippen molar-refractivity contribution < 1.29 is 14.0 Å². The monoisotopic (exact) mass is 289 g/mol. The summed E-state index contributed by atoms with van der Waals surface area (Å²) in [7, 11) is 0. The van der Waals surface area contributed by atoms with E-state index in [4.69, 9.17) is 5.73 Å². The van der Waals surface area contributed by atoms with Crippen LogP contribution in [0.25, 0.3) is 0 Å². The van der Waals surface area contributed by atoms with Gasteiger partial charge in [0.15, 0.2) is 0 Å². The molecule has 1 aromatic rings. The van der Waals surface area contributed by atoms with Crippen molar-refractivity contribution in [2.75, 3.05) is 10.6 Å². The fourth-order valence-electron chi connectivity index (χ4n) is 1.40. The molecule has 0 bridgehead atoms. The van der Waals surface area contributed by atoms with E-state index >= 15 is 0 Å². The molecule has 0 aromatic heterocycles. The Balaban J connectivity index is 0.00000324. The first-order chi connectivity index (χ1) is 8.38. The van der Waals surface area contributed by atoms with Crippen molar-refractivity contribution in [2.45, 2.75) is 26.3 Å². The highest BCUT2D eigenvalue weighted by Gasteiger charge is 2.10. The Morgan fingerprint density at radius 2 is 2.00 bits per heavy atom. The number of nitrogens with one attached hydrogen (secondary N) is 2. The van der Waals surface area contributed by atoms with E-state index < -0.39 is 5.82 Å². The van der Waals surface area contributed by atoms with E-state index in [1.165, 1.54) is 25.1 Å². The number of hydrogen-bond donors (Lipinski definition) is 3. The Hall–Kier alpha value is -1.66. The Labute approximate surface area is 117 Å². The largest absolute Gasteiger partial charge is 0.327 e. The zero-order chi connectivity index (χ0) is 13.7. The molecule has 0 spiro atoms. The van der Waals surface area contributed by atoms with Crippen LogP contribution in [0, 0.1) is 5.82 Å². The van der Waals surface area contributed by atoms with Crippen molar-refractivity contribution in [1.29, 1.82) is 0 Å². The fourth-order valence-corrected chi connectivity index (χ4v) is 1.40. The number of hydrogen-bond acceptors (Lipinski definition) is 3. The molecule has 7 heteroatoms. The van der Waals surface area contributed by atoms with Gasteiger partial charge < -0.3 is 16.4 Å². The molecule has 5 nitrogen and oxygen atoms in total. The normalized spacial score (nSPS) is 11.2. The van der Waals surface area contributed by atoms with E-state index in [0.717, 1.165) is 0 Å². The summed E-state index contributed by atoms with van der Waals surface area (Å²) in [5.41, 5.74) is 5.91. The number of amides is 2. The predicted octanol–water partition coefficient (Wildman–Crippen LogP) is 1.88. The van der Waals surface area contributed by atoms with Gasteiger partial charge in [0.25, 0.3) is 0 Å². The van der Waals surface area contributed by atoms with Gasteiger partial charge in [0.05, 0.1) is 5.69 Å². The number of carbonyl (C=O) groups excluding carboxylic acids is 2. The second-order valence-electron chi connectivity index (χ2n) is 4.11. The van der Waals surface area contributed by atoms with Gasteiger partial charge in [-0.25, -0.2) is 4.39 Å². The number of nitrogens with two attached hydrogens (primary N) is 1. The Bertz CT molecular complexity index is 466. The van der Waals surface area contributed by atoms with E-state index in [1.807, 2.05) is 0 Å². The zero-order valence-electron chi connectivity index (χ0n) is 10.7. The molecule has 4 N–H and O–H groups in total. The van der Waals surface area contributed by atoms with Crippen LogP contribution in [-0.2, 0) is 9.59 Å². The first kappa shape index (κ1) is 17.3. The Morgan fingerprint density at radius 1 is 1.37 bits per heavy atom. The van der Waals surface area contributed by atoms with E-state index in [9.17, 15) is 14.0 Å². The van der Waals surface area contributed by atoms with Crippen molar-refractivity contribution in [3.05, 3.63) is 24.0 Å². The van der Waals surface area contributed by atoms with Crippen LogP contribution in [0.4, 0.5) is 15.8 Å². The van der Waals surface area contributed by atoms with Crippen LogP contribution in [0.2, 0.25) is 0 Å². The molecule has 19 heavy (non-hydrogen) atoms. The molecule has 106 valence electrons. The summed E-state index contributed by atoms with van der Waals surface area (Å²) in [4.78, 5) is 22.3. The van der Waals surface area contributed by atoms with Gasteiger partial charge in [0, 0.05) is 25.1 Å². The average molecular weight is 290 g/mol. The van der Waals surface area contributed by atoms with Crippen LogP contribution in [0.5, 0.6) is 0 Å². The van der Waals surface area contributed by atoms with Gasteiger partial charge in [-0.1, -0.05) is 0 Å². The van der Waals surface area contributed by atoms with Gasteiger partial charge >= 0.3 is 0 Å². The topological polar surface area (TPSA) is 84.2 Å². The summed E-state index contributed by atoms with van der Waals surface area (Å²) in [6, 6.07) is 3.65. The zero-order valence-corrected chi connectivity index (χ0v) is 11.5. The summed E-state index contributed by atoms with van der Waals surface area (Å²) < 4.78 is 13.4. The molecule has 0 saturated carbocycles. The molecule has 0 aliphatic heterocycles. The summed E-state index contributed by atoms with van der Waals surface area (Å²) in [6.45, 7) is 3.03. The summed E-state index contributed by atoms with van der Waals surface area (Å²) in [5.74, 6) is -1.21. The maximum atomic E-state index is 13.4. The maximum absolute atomic E-state index is 13.4. The minimum Gasteiger partial charge on any atom is -0.327 e. The van der Waals surface area contributed by atoms with Gasteiger partial charge in [0.2, 0.25) is 11.8 Å². The van der Waals surface area contributed by atoms with Gasteiger partial charge in [-0.3, -0.25) is 9.59 Å². The maximum Gasteiger partial charge on any atom is 0.225 e. The van der Waals surface area contributed by atoms with Crippen LogP contribution >= 0.6 is 12.4 Å². The number of halogens is 2. The quantitative estimate of drug-likeness (QED) is 0.791. The first-order valence-electron chi connectivity index (χ1n) is 5.51. The highest BCUT2D eigenvalue weighted by molar-refractivity contribution is 5.93. The van der Waals surface area contributed by atoms with Gasteiger partial charge in [-0.2, -0.15) is 0 Å². The second-order valence-corrected chi connectivity index (χ2v) is 4.11. The van der Waals surface area contributed by atoms with Gasteiger partial charge in [-0.05, 0) is 25.1 Å². The van der Waals surface area contributed by atoms with Crippen LogP contribution in [0.1, 0.15) is 20.3 Å². The molecular weight excluding hydrogens is 273 g/mol. The Morgan fingerprint density at radius 3 is 2.53 bits per heavy atom. The first-order valence-corrected chi connectivity index (χ1v) is 5.51. The van der Waals surface area contributed by atoms with E-state index in [1.54, 1.807) is 6.92 Å². The number of anilines is 2. The third-order valence-electron chi connectivity index (χ3n) is 2.07. The average Bonchev–Trinajstić information content (AvgIpc) is 2.21. The van der Waals surface area contributed by atoms with Crippen molar-refractivity contribution >= 4 is 35.6 Å². The SMILES string of the molecule is CC(=O)Nc1ccc(F)c(NC(=O)CC(C)N)c1.Cl. The molecule has 1 atom stereocenters. The number of rotatable bonds is 4. The lowest BCUT2D eigenvalue weighted by Gasteiger charge is -2.10. The van der Waals surface area contributed by atoms with Crippen molar-refractivity contribution in [3.63, 3.8) is 0 Å². The van der Waals surface area contributed by atoms with Crippen LogP contribution < -0.4 is 16.4 Å². The molecule has 2 amide bonds. The van der Waals surface area contributed by atoms with E-state index in [-0.39, 0.29) is 42.4 Å². The molecule has 1 unspecified atom stereocenters. The standard InChI is InChI=1S/C12H16FN3O2.ClH/c1-7(14)5-12(18)16-11-6-9(15-8(2)17)3-4-10(11)13;/h3-4,6-7H,5,14H2,1-2H3,(H,15,17)(H,16,18);1H. The third-order valence-corrected chi connectivity index (χ3v) is 2.07. The predicted molar refractivity (Wildman–Crippen MR) is 74.8 cm³/mol. The van der Waals surface area contributed by atoms with Gasteiger partial charge in [0.1, 0.15) is 5.82 Å². The summed E-state index contributed by atoms with van der Waals surface area (Å²) >= 11 is 0. The second kappa shape index (κ2) is 7.70. The summed E-state index contributed by atoms with van der Waals surface area (Å²) in [6.07, 6.45) is 0.101.